The second-order valence-electron chi connectivity index (χ2n) is 3.16. The molecular weight excluding hydrogens is 170 g/mol. The summed E-state index contributed by atoms with van der Waals surface area (Å²) in [5.41, 5.74) is 0.538. The van der Waals surface area contributed by atoms with Gasteiger partial charge in [-0.1, -0.05) is 5.16 Å². The molecule has 4 heteroatoms. The Morgan fingerprint density at radius 3 is 3.31 bits per heavy atom. The molecule has 4 nitrogen and oxygen atoms in total. The highest BCUT2D eigenvalue weighted by Gasteiger charge is 2.19. The van der Waals surface area contributed by atoms with E-state index in [0.29, 0.717) is 17.7 Å². The molecule has 0 spiro atoms. The largest absolute Gasteiger partial charge is 0.378 e. The van der Waals surface area contributed by atoms with Crippen molar-refractivity contribution in [2.45, 2.75) is 25.4 Å². The Balaban J connectivity index is 2.03. The van der Waals surface area contributed by atoms with Crippen molar-refractivity contribution in [2.24, 2.45) is 0 Å². The van der Waals surface area contributed by atoms with Gasteiger partial charge in [-0.2, -0.15) is 0 Å². The SMILES string of the molecule is O=Cc1cnoc1CC1CCCO1. The van der Waals surface area contributed by atoms with Gasteiger partial charge in [0.05, 0.1) is 17.9 Å². The molecule has 1 unspecified atom stereocenters. The minimum Gasteiger partial charge on any atom is -0.378 e. The van der Waals surface area contributed by atoms with Gasteiger partial charge in [-0.15, -0.1) is 0 Å². The van der Waals surface area contributed by atoms with Gasteiger partial charge in [-0.05, 0) is 12.8 Å². The number of aromatic nitrogens is 1. The molecule has 0 aliphatic carbocycles. The first kappa shape index (κ1) is 8.44. The van der Waals surface area contributed by atoms with Crippen LogP contribution in [0.4, 0.5) is 0 Å². The van der Waals surface area contributed by atoms with Crippen LogP contribution in [0.5, 0.6) is 0 Å². The monoisotopic (exact) mass is 181 g/mol. The fraction of sp³-hybridized carbons (Fsp3) is 0.556. The predicted octanol–water partition coefficient (Wildman–Crippen LogP) is 1.21. The van der Waals surface area contributed by atoms with E-state index in [4.69, 9.17) is 9.26 Å². The highest BCUT2D eigenvalue weighted by atomic mass is 16.5. The number of rotatable bonds is 3. The molecule has 0 saturated carbocycles. The van der Waals surface area contributed by atoms with Crippen LogP contribution in [0.15, 0.2) is 10.7 Å². The lowest BCUT2D eigenvalue weighted by Gasteiger charge is -2.05. The van der Waals surface area contributed by atoms with Crippen molar-refractivity contribution >= 4 is 6.29 Å². The highest BCUT2D eigenvalue weighted by molar-refractivity contribution is 5.75. The Kier molecular flexibility index (Phi) is 2.40. The van der Waals surface area contributed by atoms with Gasteiger partial charge in [0.2, 0.25) is 0 Å². The zero-order valence-corrected chi connectivity index (χ0v) is 7.23. The molecule has 1 aromatic heterocycles. The van der Waals surface area contributed by atoms with Crippen LogP contribution >= 0.6 is 0 Å². The first-order chi connectivity index (χ1) is 6.40. The molecule has 0 aromatic carbocycles. The summed E-state index contributed by atoms with van der Waals surface area (Å²) >= 11 is 0. The minimum absolute atomic E-state index is 0.201. The van der Waals surface area contributed by atoms with Gasteiger partial charge in [0.25, 0.3) is 0 Å². The first-order valence-electron chi connectivity index (χ1n) is 4.40. The van der Waals surface area contributed by atoms with Crippen molar-refractivity contribution in [1.29, 1.82) is 0 Å². The van der Waals surface area contributed by atoms with Crippen LogP contribution in [-0.2, 0) is 11.2 Å². The fourth-order valence-corrected chi connectivity index (χ4v) is 1.53. The number of hydrogen-bond acceptors (Lipinski definition) is 4. The number of aldehydes is 1. The summed E-state index contributed by atoms with van der Waals surface area (Å²) < 4.78 is 10.4. The molecule has 0 radical (unpaired) electrons. The predicted molar refractivity (Wildman–Crippen MR) is 44.6 cm³/mol. The average Bonchev–Trinajstić information content (AvgIpc) is 2.76. The van der Waals surface area contributed by atoms with Gasteiger partial charge in [0, 0.05) is 13.0 Å². The molecule has 1 aromatic rings. The maximum Gasteiger partial charge on any atom is 0.155 e. The number of ether oxygens (including phenoxy) is 1. The van der Waals surface area contributed by atoms with Crippen LogP contribution < -0.4 is 0 Å². The molecule has 2 heterocycles. The van der Waals surface area contributed by atoms with E-state index in [1.165, 1.54) is 6.20 Å². The summed E-state index contributed by atoms with van der Waals surface area (Å²) in [5.74, 6) is 0.641. The maximum atomic E-state index is 10.5. The van der Waals surface area contributed by atoms with Gasteiger partial charge >= 0.3 is 0 Å². The third-order valence-electron chi connectivity index (χ3n) is 2.24. The van der Waals surface area contributed by atoms with Crippen molar-refractivity contribution in [1.82, 2.24) is 5.16 Å². The standard InChI is InChI=1S/C9H11NO3/c11-6-7-5-10-13-9(7)4-8-2-1-3-12-8/h5-6,8H,1-4H2. The van der Waals surface area contributed by atoms with Crippen LogP contribution in [0.1, 0.15) is 29.0 Å². The Labute approximate surface area is 75.9 Å². The summed E-state index contributed by atoms with van der Waals surface area (Å²) in [5, 5.41) is 3.57. The topological polar surface area (TPSA) is 52.3 Å². The van der Waals surface area contributed by atoms with Crippen LogP contribution in [-0.4, -0.2) is 24.2 Å². The second-order valence-corrected chi connectivity index (χ2v) is 3.16. The lowest BCUT2D eigenvalue weighted by atomic mass is 10.1. The lowest BCUT2D eigenvalue weighted by molar-refractivity contribution is 0.104. The van der Waals surface area contributed by atoms with Crippen LogP contribution in [0.2, 0.25) is 0 Å². The van der Waals surface area contributed by atoms with Gasteiger partial charge in [-0.25, -0.2) is 0 Å². The van der Waals surface area contributed by atoms with Gasteiger partial charge in [0.15, 0.2) is 6.29 Å². The van der Waals surface area contributed by atoms with E-state index in [-0.39, 0.29) is 6.10 Å². The molecule has 2 rings (SSSR count). The molecule has 0 amide bonds. The van der Waals surface area contributed by atoms with Crippen LogP contribution in [0, 0.1) is 0 Å². The van der Waals surface area contributed by atoms with Crippen molar-refractivity contribution in [3.8, 4) is 0 Å². The number of hydrogen-bond donors (Lipinski definition) is 0. The molecule has 0 bridgehead atoms. The fourth-order valence-electron chi connectivity index (χ4n) is 1.53. The van der Waals surface area contributed by atoms with Crippen LogP contribution in [0.3, 0.4) is 0 Å². The Bertz CT molecular complexity index is 289. The molecule has 1 saturated heterocycles. The Morgan fingerprint density at radius 2 is 2.62 bits per heavy atom. The van der Waals surface area contributed by atoms with E-state index in [2.05, 4.69) is 5.16 Å². The summed E-state index contributed by atoms with van der Waals surface area (Å²) in [6.45, 7) is 0.815. The molecule has 0 N–H and O–H groups in total. The molecule has 1 atom stereocenters. The van der Waals surface area contributed by atoms with Crippen molar-refractivity contribution < 1.29 is 14.1 Å². The van der Waals surface area contributed by atoms with Crippen LogP contribution in [0.25, 0.3) is 0 Å². The quantitative estimate of drug-likeness (QED) is 0.657. The summed E-state index contributed by atoms with van der Waals surface area (Å²) in [7, 11) is 0. The van der Waals surface area contributed by atoms with Gasteiger partial charge < -0.3 is 9.26 Å². The third kappa shape index (κ3) is 1.78. The normalized spacial score (nSPS) is 22.0. The number of carbonyl (C=O) groups is 1. The Morgan fingerprint density at radius 1 is 1.69 bits per heavy atom. The minimum atomic E-state index is 0.201. The first-order valence-corrected chi connectivity index (χ1v) is 4.40. The van der Waals surface area contributed by atoms with Crippen molar-refractivity contribution in [2.75, 3.05) is 6.61 Å². The molecule has 70 valence electrons. The van der Waals surface area contributed by atoms with E-state index < -0.39 is 0 Å². The van der Waals surface area contributed by atoms with E-state index in [1.54, 1.807) is 0 Å². The zero-order chi connectivity index (χ0) is 9.10. The third-order valence-corrected chi connectivity index (χ3v) is 2.24. The number of carbonyl (C=O) groups excluding carboxylic acids is 1. The molecular formula is C9H11NO3. The highest BCUT2D eigenvalue weighted by Crippen LogP contribution is 2.18. The summed E-state index contributed by atoms with van der Waals surface area (Å²) in [6.07, 6.45) is 5.20. The molecule has 1 aliphatic rings. The Hall–Kier alpha value is -1.16. The summed E-state index contributed by atoms with van der Waals surface area (Å²) in [6, 6.07) is 0. The molecule has 1 fully saturated rings. The maximum absolute atomic E-state index is 10.5. The summed E-state index contributed by atoms with van der Waals surface area (Å²) in [4.78, 5) is 10.5. The number of nitrogens with zero attached hydrogens (tertiary/aromatic N) is 1. The zero-order valence-electron chi connectivity index (χ0n) is 7.23. The van der Waals surface area contributed by atoms with Crippen molar-refractivity contribution in [3.63, 3.8) is 0 Å². The molecule has 1 aliphatic heterocycles. The van der Waals surface area contributed by atoms with Gasteiger partial charge in [0.1, 0.15) is 5.76 Å². The van der Waals surface area contributed by atoms with E-state index >= 15 is 0 Å². The van der Waals surface area contributed by atoms with E-state index in [9.17, 15) is 4.79 Å². The van der Waals surface area contributed by atoms with Crippen molar-refractivity contribution in [3.05, 3.63) is 17.5 Å². The second kappa shape index (κ2) is 3.70. The average molecular weight is 181 g/mol. The van der Waals surface area contributed by atoms with E-state index in [0.717, 1.165) is 25.7 Å². The smallest absolute Gasteiger partial charge is 0.155 e. The van der Waals surface area contributed by atoms with E-state index in [1.807, 2.05) is 0 Å². The van der Waals surface area contributed by atoms with Gasteiger partial charge in [-0.3, -0.25) is 4.79 Å². The lowest BCUT2D eigenvalue weighted by Crippen LogP contribution is -2.09. The molecule has 13 heavy (non-hydrogen) atoms.